The third kappa shape index (κ3) is 4.17. The number of morpholine rings is 1. The molecule has 4 rings (SSSR count). The minimum Gasteiger partial charge on any atom is -0.345 e. The SMILES string of the molecule is CCO[C@@]1(c2ccccc2)CN(Cc2ccccc2)C[C@H](c2ccccc2)O1. The normalized spacial score (nSPS) is 22.8. The van der Waals surface area contributed by atoms with Crippen molar-refractivity contribution in [3.05, 3.63) is 108 Å². The minimum absolute atomic E-state index is 0.0505. The molecule has 1 heterocycles. The lowest BCUT2D eigenvalue weighted by Gasteiger charge is -2.46. The zero-order chi connectivity index (χ0) is 19.2. The van der Waals surface area contributed by atoms with Gasteiger partial charge in [-0.15, -0.1) is 0 Å². The number of ether oxygens (including phenoxy) is 2. The van der Waals surface area contributed by atoms with Crippen molar-refractivity contribution in [2.45, 2.75) is 25.4 Å². The number of hydrogen-bond donors (Lipinski definition) is 0. The summed E-state index contributed by atoms with van der Waals surface area (Å²) in [5.74, 6) is -0.774. The van der Waals surface area contributed by atoms with Crippen LogP contribution in [-0.2, 0) is 21.8 Å². The predicted octanol–water partition coefficient (Wildman–Crippen LogP) is 5.15. The molecule has 0 unspecified atom stereocenters. The molecule has 0 radical (unpaired) electrons. The monoisotopic (exact) mass is 373 g/mol. The zero-order valence-electron chi connectivity index (χ0n) is 16.3. The highest BCUT2D eigenvalue weighted by molar-refractivity contribution is 5.25. The summed E-state index contributed by atoms with van der Waals surface area (Å²) in [5, 5.41) is 0. The van der Waals surface area contributed by atoms with Gasteiger partial charge in [0.05, 0.1) is 12.6 Å². The van der Waals surface area contributed by atoms with Gasteiger partial charge in [-0.25, -0.2) is 0 Å². The zero-order valence-corrected chi connectivity index (χ0v) is 16.3. The molecule has 3 aromatic carbocycles. The summed E-state index contributed by atoms with van der Waals surface area (Å²) < 4.78 is 13.0. The van der Waals surface area contributed by atoms with Gasteiger partial charge in [-0.2, -0.15) is 0 Å². The lowest BCUT2D eigenvalue weighted by Crippen LogP contribution is -2.52. The summed E-state index contributed by atoms with van der Waals surface area (Å²) in [6.07, 6.45) is -0.0505. The van der Waals surface area contributed by atoms with Crippen LogP contribution in [0.2, 0.25) is 0 Å². The maximum Gasteiger partial charge on any atom is 0.208 e. The fourth-order valence-electron chi connectivity index (χ4n) is 3.95. The largest absolute Gasteiger partial charge is 0.345 e. The van der Waals surface area contributed by atoms with Crippen molar-refractivity contribution < 1.29 is 9.47 Å². The van der Waals surface area contributed by atoms with Crippen molar-refractivity contribution in [1.29, 1.82) is 0 Å². The molecule has 0 saturated carbocycles. The molecule has 3 nitrogen and oxygen atoms in total. The molecular formula is C25H27NO2. The predicted molar refractivity (Wildman–Crippen MR) is 112 cm³/mol. The smallest absolute Gasteiger partial charge is 0.208 e. The molecule has 3 aromatic rings. The number of rotatable bonds is 6. The Hall–Kier alpha value is -2.46. The van der Waals surface area contributed by atoms with Gasteiger partial charge in [0, 0.05) is 25.3 Å². The van der Waals surface area contributed by atoms with Gasteiger partial charge in [-0.3, -0.25) is 4.90 Å². The van der Waals surface area contributed by atoms with Crippen LogP contribution in [0.5, 0.6) is 0 Å². The maximum absolute atomic E-state index is 6.69. The average molecular weight is 373 g/mol. The van der Waals surface area contributed by atoms with Crippen LogP contribution in [0.25, 0.3) is 0 Å². The summed E-state index contributed by atoms with van der Waals surface area (Å²) in [6.45, 7) is 5.02. The minimum atomic E-state index is -0.774. The highest BCUT2D eigenvalue weighted by atomic mass is 16.7. The van der Waals surface area contributed by atoms with E-state index in [1.165, 1.54) is 11.1 Å². The van der Waals surface area contributed by atoms with Gasteiger partial charge in [-0.05, 0) is 18.1 Å². The molecule has 1 aliphatic rings. The van der Waals surface area contributed by atoms with E-state index in [0.29, 0.717) is 13.2 Å². The third-order valence-electron chi connectivity index (χ3n) is 5.20. The van der Waals surface area contributed by atoms with Crippen molar-refractivity contribution in [2.75, 3.05) is 19.7 Å². The Bertz CT molecular complexity index is 853. The average Bonchev–Trinajstić information content (AvgIpc) is 2.76. The van der Waals surface area contributed by atoms with Crippen LogP contribution in [0.1, 0.15) is 29.7 Å². The van der Waals surface area contributed by atoms with Gasteiger partial charge in [0.25, 0.3) is 0 Å². The van der Waals surface area contributed by atoms with Gasteiger partial charge in [0.15, 0.2) is 0 Å². The van der Waals surface area contributed by atoms with E-state index in [1.807, 2.05) is 31.2 Å². The van der Waals surface area contributed by atoms with Crippen LogP contribution in [-0.4, -0.2) is 24.6 Å². The summed E-state index contributed by atoms with van der Waals surface area (Å²) in [4.78, 5) is 2.44. The van der Waals surface area contributed by atoms with Crippen molar-refractivity contribution in [1.82, 2.24) is 4.90 Å². The van der Waals surface area contributed by atoms with Crippen molar-refractivity contribution >= 4 is 0 Å². The van der Waals surface area contributed by atoms with E-state index in [2.05, 4.69) is 71.6 Å². The van der Waals surface area contributed by atoms with E-state index in [4.69, 9.17) is 9.47 Å². The standard InChI is InChI=1S/C25H27NO2/c1-2-27-25(23-16-10-5-11-17-23)20-26(18-21-12-6-3-7-13-21)19-24(28-25)22-14-8-4-9-15-22/h3-17,24H,2,18-20H2,1H3/t24-,25+/m1/s1. The Balaban J connectivity index is 1.69. The Kier molecular flexibility index (Phi) is 5.87. The van der Waals surface area contributed by atoms with Crippen LogP contribution in [0.3, 0.4) is 0 Å². The first-order valence-corrected chi connectivity index (χ1v) is 9.97. The van der Waals surface area contributed by atoms with E-state index < -0.39 is 5.79 Å². The number of benzene rings is 3. The van der Waals surface area contributed by atoms with E-state index in [-0.39, 0.29) is 6.10 Å². The molecule has 2 atom stereocenters. The summed E-state index contributed by atoms with van der Waals surface area (Å²) in [6, 6.07) is 31.4. The second kappa shape index (κ2) is 8.70. The molecule has 0 N–H and O–H groups in total. The first-order valence-electron chi connectivity index (χ1n) is 9.97. The van der Waals surface area contributed by atoms with E-state index >= 15 is 0 Å². The van der Waals surface area contributed by atoms with E-state index in [0.717, 1.165) is 18.7 Å². The number of hydrogen-bond acceptors (Lipinski definition) is 3. The summed E-state index contributed by atoms with van der Waals surface area (Å²) >= 11 is 0. The van der Waals surface area contributed by atoms with Crippen LogP contribution in [0.15, 0.2) is 91.0 Å². The summed E-state index contributed by atoms with van der Waals surface area (Å²) in [5.41, 5.74) is 3.55. The lowest BCUT2D eigenvalue weighted by atomic mass is 9.99. The highest BCUT2D eigenvalue weighted by Gasteiger charge is 2.43. The van der Waals surface area contributed by atoms with Crippen LogP contribution in [0.4, 0.5) is 0 Å². The first kappa shape index (κ1) is 18.9. The molecule has 1 fully saturated rings. The van der Waals surface area contributed by atoms with Crippen molar-refractivity contribution in [3.8, 4) is 0 Å². The molecule has 0 aliphatic carbocycles. The molecular weight excluding hydrogens is 346 g/mol. The van der Waals surface area contributed by atoms with Gasteiger partial charge in [-0.1, -0.05) is 91.0 Å². The molecule has 0 aromatic heterocycles. The Morgan fingerprint density at radius 1 is 0.893 bits per heavy atom. The molecule has 28 heavy (non-hydrogen) atoms. The molecule has 0 amide bonds. The van der Waals surface area contributed by atoms with Crippen molar-refractivity contribution in [2.24, 2.45) is 0 Å². The topological polar surface area (TPSA) is 21.7 Å². The fraction of sp³-hybridized carbons (Fsp3) is 0.280. The van der Waals surface area contributed by atoms with Gasteiger partial charge in [0.2, 0.25) is 5.79 Å². The van der Waals surface area contributed by atoms with Crippen molar-refractivity contribution in [3.63, 3.8) is 0 Å². The Labute approximate surface area is 167 Å². The fourth-order valence-corrected chi connectivity index (χ4v) is 3.95. The first-order chi connectivity index (χ1) is 13.8. The number of nitrogens with zero attached hydrogens (tertiary/aromatic N) is 1. The van der Waals surface area contributed by atoms with Gasteiger partial charge < -0.3 is 9.47 Å². The van der Waals surface area contributed by atoms with Gasteiger partial charge >= 0.3 is 0 Å². The molecule has 3 heteroatoms. The van der Waals surface area contributed by atoms with Crippen LogP contribution < -0.4 is 0 Å². The second-order valence-corrected chi connectivity index (χ2v) is 7.22. The molecule has 0 bridgehead atoms. The van der Waals surface area contributed by atoms with E-state index in [9.17, 15) is 0 Å². The van der Waals surface area contributed by atoms with E-state index in [1.54, 1.807) is 0 Å². The van der Waals surface area contributed by atoms with Gasteiger partial charge in [0.1, 0.15) is 0 Å². The van der Waals surface area contributed by atoms with Crippen LogP contribution in [0, 0.1) is 0 Å². The second-order valence-electron chi connectivity index (χ2n) is 7.22. The highest BCUT2D eigenvalue weighted by Crippen LogP contribution is 2.39. The summed E-state index contributed by atoms with van der Waals surface area (Å²) in [7, 11) is 0. The quantitative estimate of drug-likeness (QED) is 0.596. The van der Waals surface area contributed by atoms with Crippen LogP contribution >= 0.6 is 0 Å². The molecule has 1 aliphatic heterocycles. The molecule has 144 valence electrons. The Morgan fingerprint density at radius 3 is 2.14 bits per heavy atom. The maximum atomic E-state index is 6.69. The third-order valence-corrected chi connectivity index (χ3v) is 5.20. The molecule has 1 saturated heterocycles. The molecule has 0 spiro atoms. The lowest BCUT2D eigenvalue weighted by molar-refractivity contribution is -0.303. The Morgan fingerprint density at radius 2 is 1.50 bits per heavy atom.